The molecule has 21 heavy (non-hydrogen) atoms. The molecule has 7 heteroatoms. The molecule has 0 saturated heterocycles. The van der Waals surface area contributed by atoms with Gasteiger partial charge >= 0.3 is 11.7 Å². The van der Waals surface area contributed by atoms with E-state index in [1.165, 1.54) is 26.5 Å². The molecule has 0 saturated carbocycles. The Hall–Kier alpha value is -2.67. The summed E-state index contributed by atoms with van der Waals surface area (Å²) in [5.74, 6) is -0.985. The zero-order chi connectivity index (χ0) is 14.8. The van der Waals surface area contributed by atoms with Crippen LogP contribution in [0.25, 0.3) is 11.7 Å². The van der Waals surface area contributed by atoms with Gasteiger partial charge in [0.15, 0.2) is 5.65 Å². The number of pyridine rings is 1. The first-order valence-electron chi connectivity index (χ1n) is 6.17. The van der Waals surface area contributed by atoms with Crippen molar-refractivity contribution in [3.05, 3.63) is 62.8 Å². The third-order valence-corrected chi connectivity index (χ3v) is 3.90. The number of rotatable bonds is 4. The Kier molecular flexibility index (Phi) is 3.41. The molecule has 3 aromatic rings. The fraction of sp³-hybridized carbons (Fsp3) is 0.0714. The summed E-state index contributed by atoms with van der Waals surface area (Å²) < 4.78 is 2.88. The van der Waals surface area contributed by atoms with Crippen molar-refractivity contribution in [1.82, 2.24) is 14.2 Å². The lowest BCUT2D eigenvalue weighted by molar-refractivity contribution is -0.131. The summed E-state index contributed by atoms with van der Waals surface area (Å²) in [5.41, 5.74) is 0.409. The molecule has 0 aliphatic carbocycles. The highest BCUT2D eigenvalue weighted by molar-refractivity contribution is 7.12. The fourth-order valence-corrected chi connectivity index (χ4v) is 2.84. The van der Waals surface area contributed by atoms with E-state index >= 15 is 0 Å². The largest absolute Gasteiger partial charge is 0.478 e. The standard InChI is InChI=1S/C14H11N3O3S/c18-13(19)7-6-10-4-5-11(21-10)9-17-14(20)16-8-2-1-3-12(16)15-17/h1-8H,9H2,(H,18,19). The molecule has 0 bridgehead atoms. The van der Waals surface area contributed by atoms with Crippen LogP contribution >= 0.6 is 11.3 Å². The Morgan fingerprint density at radius 2 is 2.19 bits per heavy atom. The molecular weight excluding hydrogens is 290 g/mol. The number of nitrogens with zero attached hydrogens (tertiary/aromatic N) is 3. The molecule has 0 spiro atoms. The number of carbonyl (C=O) groups is 1. The van der Waals surface area contributed by atoms with Crippen molar-refractivity contribution in [3.63, 3.8) is 0 Å². The van der Waals surface area contributed by atoms with E-state index < -0.39 is 5.97 Å². The number of hydrogen-bond donors (Lipinski definition) is 1. The summed E-state index contributed by atoms with van der Waals surface area (Å²) in [4.78, 5) is 24.4. The Labute approximate surface area is 123 Å². The second-order valence-electron chi connectivity index (χ2n) is 4.34. The van der Waals surface area contributed by atoms with Crippen molar-refractivity contribution >= 4 is 29.0 Å². The number of carboxylic acid groups (broad SMARTS) is 1. The Morgan fingerprint density at radius 3 is 2.95 bits per heavy atom. The molecule has 0 aliphatic rings. The molecule has 1 N–H and O–H groups in total. The number of aromatic nitrogens is 3. The van der Waals surface area contributed by atoms with Crippen LogP contribution in [0.4, 0.5) is 0 Å². The van der Waals surface area contributed by atoms with E-state index in [9.17, 15) is 9.59 Å². The summed E-state index contributed by atoms with van der Waals surface area (Å²) >= 11 is 1.43. The van der Waals surface area contributed by atoms with Gasteiger partial charge in [0.05, 0.1) is 6.54 Å². The summed E-state index contributed by atoms with van der Waals surface area (Å²) in [6.45, 7) is 0.367. The average Bonchev–Trinajstić information content (AvgIpc) is 3.03. The normalized spacial score (nSPS) is 11.4. The van der Waals surface area contributed by atoms with Gasteiger partial charge in [-0.1, -0.05) is 6.07 Å². The van der Waals surface area contributed by atoms with Gasteiger partial charge in [-0.3, -0.25) is 4.40 Å². The van der Waals surface area contributed by atoms with Crippen LogP contribution in [0.5, 0.6) is 0 Å². The van der Waals surface area contributed by atoms with Crippen LogP contribution in [0.15, 0.2) is 47.4 Å². The maximum atomic E-state index is 12.1. The van der Waals surface area contributed by atoms with Gasteiger partial charge < -0.3 is 5.11 Å². The zero-order valence-corrected chi connectivity index (χ0v) is 11.7. The van der Waals surface area contributed by atoms with E-state index in [1.54, 1.807) is 18.3 Å². The quantitative estimate of drug-likeness (QED) is 0.744. The van der Waals surface area contributed by atoms with Crippen molar-refractivity contribution in [1.29, 1.82) is 0 Å². The fourth-order valence-electron chi connectivity index (χ4n) is 1.94. The second kappa shape index (κ2) is 5.37. The smallest absolute Gasteiger partial charge is 0.350 e. The topological polar surface area (TPSA) is 76.6 Å². The van der Waals surface area contributed by atoms with Crippen LogP contribution in [0.2, 0.25) is 0 Å². The zero-order valence-electron chi connectivity index (χ0n) is 10.8. The first-order chi connectivity index (χ1) is 10.1. The minimum absolute atomic E-state index is 0.193. The van der Waals surface area contributed by atoms with E-state index in [-0.39, 0.29) is 5.69 Å². The SMILES string of the molecule is O=C(O)C=Cc1ccc(Cn2nc3ccccn3c2=O)s1. The van der Waals surface area contributed by atoms with E-state index in [4.69, 9.17) is 5.11 Å². The van der Waals surface area contributed by atoms with Gasteiger partial charge in [0.1, 0.15) is 0 Å². The lowest BCUT2D eigenvalue weighted by atomic mass is 10.4. The van der Waals surface area contributed by atoms with Gasteiger partial charge in [-0.2, -0.15) is 0 Å². The highest BCUT2D eigenvalue weighted by atomic mass is 32.1. The summed E-state index contributed by atoms with van der Waals surface area (Å²) in [7, 11) is 0. The molecular formula is C14H11N3O3S. The third-order valence-electron chi connectivity index (χ3n) is 2.87. The molecule has 0 atom stereocenters. The molecule has 0 radical (unpaired) electrons. The van der Waals surface area contributed by atoms with Gasteiger partial charge in [0.25, 0.3) is 0 Å². The molecule has 0 amide bonds. The van der Waals surface area contributed by atoms with Crippen molar-refractivity contribution in [2.45, 2.75) is 6.54 Å². The maximum absolute atomic E-state index is 12.1. The van der Waals surface area contributed by atoms with Gasteiger partial charge in [0.2, 0.25) is 0 Å². The Bertz CT molecular complexity index is 888. The van der Waals surface area contributed by atoms with Crippen LogP contribution < -0.4 is 5.69 Å². The third kappa shape index (κ3) is 2.77. The minimum atomic E-state index is -0.985. The van der Waals surface area contributed by atoms with Crippen molar-refractivity contribution in [2.75, 3.05) is 0 Å². The van der Waals surface area contributed by atoms with Gasteiger partial charge in [-0.15, -0.1) is 16.4 Å². The lowest BCUT2D eigenvalue weighted by Gasteiger charge is -1.94. The highest BCUT2D eigenvalue weighted by Gasteiger charge is 2.07. The maximum Gasteiger partial charge on any atom is 0.350 e. The Morgan fingerprint density at radius 1 is 1.33 bits per heavy atom. The number of hydrogen-bond acceptors (Lipinski definition) is 4. The van der Waals surface area contributed by atoms with Crippen LogP contribution in [0.3, 0.4) is 0 Å². The van der Waals surface area contributed by atoms with Gasteiger partial charge in [-0.05, 0) is 30.3 Å². The predicted octanol–water partition coefficient (Wildman–Crippen LogP) is 1.70. The molecule has 0 aliphatic heterocycles. The van der Waals surface area contributed by atoms with Crippen LogP contribution in [0.1, 0.15) is 9.75 Å². The minimum Gasteiger partial charge on any atom is -0.478 e. The molecule has 106 valence electrons. The van der Waals surface area contributed by atoms with E-state index in [2.05, 4.69) is 5.10 Å². The Balaban J connectivity index is 1.87. The number of aliphatic carboxylic acids is 1. The van der Waals surface area contributed by atoms with E-state index in [0.717, 1.165) is 15.8 Å². The predicted molar refractivity (Wildman–Crippen MR) is 79.5 cm³/mol. The highest BCUT2D eigenvalue weighted by Crippen LogP contribution is 2.18. The molecule has 6 nitrogen and oxygen atoms in total. The summed E-state index contributed by atoms with van der Waals surface area (Å²) in [6.07, 6.45) is 4.30. The first-order valence-corrected chi connectivity index (χ1v) is 6.99. The molecule has 3 heterocycles. The van der Waals surface area contributed by atoms with E-state index in [1.807, 2.05) is 18.2 Å². The van der Waals surface area contributed by atoms with Crippen molar-refractivity contribution in [3.8, 4) is 0 Å². The molecule has 0 fully saturated rings. The summed E-state index contributed by atoms with van der Waals surface area (Å²) in [5, 5.41) is 12.8. The average molecular weight is 301 g/mol. The first kappa shape index (κ1) is 13.3. The lowest BCUT2D eigenvalue weighted by Crippen LogP contribution is -2.21. The second-order valence-corrected chi connectivity index (χ2v) is 5.54. The van der Waals surface area contributed by atoms with E-state index in [0.29, 0.717) is 12.2 Å². The van der Waals surface area contributed by atoms with Crippen LogP contribution in [-0.2, 0) is 11.3 Å². The van der Waals surface area contributed by atoms with Gasteiger partial charge in [-0.25, -0.2) is 14.3 Å². The van der Waals surface area contributed by atoms with Crippen LogP contribution in [-0.4, -0.2) is 25.3 Å². The van der Waals surface area contributed by atoms with Crippen LogP contribution in [0, 0.1) is 0 Å². The van der Waals surface area contributed by atoms with Gasteiger partial charge in [0, 0.05) is 22.0 Å². The van der Waals surface area contributed by atoms with Crippen molar-refractivity contribution < 1.29 is 9.90 Å². The number of thiophene rings is 1. The number of carboxylic acids is 1. The molecule has 3 aromatic heterocycles. The molecule has 0 aromatic carbocycles. The molecule has 3 rings (SSSR count). The monoisotopic (exact) mass is 301 g/mol. The molecule has 0 unspecified atom stereocenters. The van der Waals surface area contributed by atoms with Crippen molar-refractivity contribution in [2.24, 2.45) is 0 Å². The summed E-state index contributed by atoms with van der Waals surface area (Å²) in [6, 6.07) is 9.06. The number of fused-ring (bicyclic) bond motifs is 1.